The molecule has 3 aromatic carbocycles. The number of nitrogens with one attached hydrogen (secondary N) is 2. The van der Waals surface area contributed by atoms with Crippen LogP contribution in [0.3, 0.4) is 0 Å². The van der Waals surface area contributed by atoms with Crippen LogP contribution in [0.1, 0.15) is 29.5 Å². The van der Waals surface area contributed by atoms with E-state index in [1.54, 1.807) is 41.7 Å². The summed E-state index contributed by atoms with van der Waals surface area (Å²) in [4.78, 5) is 12.9. The molecule has 3 rings (SSSR count). The van der Waals surface area contributed by atoms with Crippen LogP contribution < -0.4 is 24.3 Å². The van der Waals surface area contributed by atoms with E-state index < -0.39 is 46.6 Å². The Hall–Kier alpha value is -5.03. The minimum atomic E-state index is -5.18. The van der Waals surface area contributed by atoms with E-state index in [1.807, 2.05) is 0 Å². The summed E-state index contributed by atoms with van der Waals surface area (Å²) in [6.07, 6.45) is -3.14. The fourth-order valence-corrected chi connectivity index (χ4v) is 4.91. The minimum absolute atomic E-state index is 0.0204. The van der Waals surface area contributed by atoms with E-state index in [0.717, 1.165) is 24.5 Å². The lowest BCUT2D eigenvalue weighted by Crippen LogP contribution is -2.32. The van der Waals surface area contributed by atoms with Crippen molar-refractivity contribution in [3.63, 3.8) is 0 Å². The molecule has 272 valence electrons. The van der Waals surface area contributed by atoms with Crippen LogP contribution in [0.5, 0.6) is 23.0 Å². The van der Waals surface area contributed by atoms with Crippen molar-refractivity contribution >= 4 is 27.7 Å². The van der Waals surface area contributed by atoms with Crippen LogP contribution in [-0.2, 0) is 36.9 Å². The summed E-state index contributed by atoms with van der Waals surface area (Å²) in [5, 5.41) is 10.6. The van der Waals surface area contributed by atoms with Gasteiger partial charge in [-0.3, -0.25) is 14.4 Å². The Morgan fingerprint density at radius 3 is 1.90 bits per heavy atom. The van der Waals surface area contributed by atoms with Crippen LogP contribution in [0.2, 0.25) is 0 Å². The maximum atomic E-state index is 14.9. The first-order valence-electron chi connectivity index (χ1n) is 14.6. The lowest BCUT2D eigenvalue weighted by molar-refractivity contribution is -0.167. The minimum Gasteiger partial charge on any atom is -0.497 e. The zero-order chi connectivity index (χ0) is 37.2. The predicted octanol–water partition coefficient (Wildman–Crippen LogP) is 5.98. The van der Waals surface area contributed by atoms with Crippen molar-refractivity contribution in [2.24, 2.45) is 0 Å². The summed E-state index contributed by atoms with van der Waals surface area (Å²) >= 11 is 0. The van der Waals surface area contributed by atoms with Gasteiger partial charge in [0.1, 0.15) is 41.2 Å². The Balaban J connectivity index is 2.03. The van der Waals surface area contributed by atoms with Gasteiger partial charge in [-0.2, -0.15) is 21.6 Å². The van der Waals surface area contributed by atoms with Gasteiger partial charge in [-0.15, -0.1) is 0 Å². The van der Waals surface area contributed by atoms with E-state index in [9.17, 15) is 30.8 Å². The number of carbonyl (C=O) groups excluding carboxylic acids is 1. The Morgan fingerprint density at radius 1 is 0.900 bits per heavy atom. The maximum Gasteiger partial charge on any atom is 0.471 e. The van der Waals surface area contributed by atoms with Gasteiger partial charge in [0, 0.05) is 34.9 Å². The van der Waals surface area contributed by atoms with Gasteiger partial charge in [-0.1, -0.05) is 6.92 Å². The molecule has 0 saturated carbocycles. The van der Waals surface area contributed by atoms with Crippen molar-refractivity contribution in [3.05, 3.63) is 88.9 Å². The molecule has 17 heteroatoms. The molecular formula is C33H37F4N3O9S. The number of rotatable bonds is 15. The molecule has 0 aliphatic heterocycles. The Morgan fingerprint density at radius 2 is 1.44 bits per heavy atom. The third kappa shape index (κ3) is 11.3. The van der Waals surface area contributed by atoms with E-state index in [1.165, 1.54) is 46.3 Å². The first-order valence-corrected chi connectivity index (χ1v) is 16.5. The molecule has 0 aromatic heterocycles. The van der Waals surface area contributed by atoms with Gasteiger partial charge in [0.05, 0.1) is 47.8 Å². The first-order chi connectivity index (χ1) is 23.5. The summed E-state index contributed by atoms with van der Waals surface area (Å²) in [6.45, 7) is 0.770. The average molecular weight is 728 g/mol. The molecule has 0 bridgehead atoms. The number of halogens is 4. The van der Waals surface area contributed by atoms with Gasteiger partial charge >= 0.3 is 12.1 Å². The van der Waals surface area contributed by atoms with E-state index in [4.69, 9.17) is 33.3 Å². The number of hydrogen-bond acceptors (Lipinski definition) is 10. The predicted molar refractivity (Wildman–Crippen MR) is 176 cm³/mol. The molecule has 0 fully saturated rings. The van der Waals surface area contributed by atoms with Crippen LogP contribution in [0.15, 0.2) is 66.4 Å². The summed E-state index contributed by atoms with van der Waals surface area (Å²) in [7, 11) is 1.88. The highest BCUT2D eigenvalue weighted by Crippen LogP contribution is 2.31. The number of methoxy groups -OCH3 is 4. The molecule has 0 aliphatic carbocycles. The molecule has 0 radical (unpaired) electrons. The van der Waals surface area contributed by atoms with Crippen molar-refractivity contribution in [2.45, 2.75) is 32.1 Å². The number of nitrogens with zero attached hydrogens (tertiary/aromatic N) is 1. The Kier molecular flexibility index (Phi) is 13.5. The second-order valence-electron chi connectivity index (χ2n) is 10.7. The summed E-state index contributed by atoms with van der Waals surface area (Å²) < 4.78 is 110. The normalized spacial score (nSPS) is 12.5. The molecule has 0 unspecified atom stereocenters. The van der Waals surface area contributed by atoms with Gasteiger partial charge < -0.3 is 33.9 Å². The number of alkyl halides is 3. The van der Waals surface area contributed by atoms with Gasteiger partial charge in [0.2, 0.25) is 0 Å². The molecule has 12 nitrogen and oxygen atoms in total. The quantitative estimate of drug-likeness (QED) is 0.0631. The monoisotopic (exact) mass is 727 g/mol. The zero-order valence-electron chi connectivity index (χ0n) is 28.0. The average Bonchev–Trinajstić information content (AvgIpc) is 3.06. The summed E-state index contributed by atoms with van der Waals surface area (Å²) in [5.41, 5.74) is 0.722. The summed E-state index contributed by atoms with van der Waals surface area (Å²) in [6, 6.07) is 12.5. The Labute approximate surface area is 287 Å². The number of carbonyl (C=O) groups is 1. The number of benzene rings is 3. The molecule has 0 heterocycles. The molecule has 0 spiro atoms. The van der Waals surface area contributed by atoms with Crippen molar-refractivity contribution in [3.8, 4) is 23.0 Å². The van der Waals surface area contributed by atoms with Crippen molar-refractivity contribution in [1.29, 1.82) is 5.41 Å². The van der Waals surface area contributed by atoms with E-state index in [-0.39, 0.29) is 30.1 Å². The third-order valence-electron chi connectivity index (χ3n) is 7.08. The fourth-order valence-electron chi connectivity index (χ4n) is 4.58. The van der Waals surface area contributed by atoms with Crippen molar-refractivity contribution < 1.29 is 58.6 Å². The highest BCUT2D eigenvalue weighted by Gasteiger charge is 2.38. The molecule has 0 saturated heterocycles. The number of amides is 1. The lowest BCUT2D eigenvalue weighted by Gasteiger charge is -2.27. The smallest absolute Gasteiger partial charge is 0.471 e. The van der Waals surface area contributed by atoms with Gasteiger partial charge in [0.15, 0.2) is 0 Å². The van der Waals surface area contributed by atoms with E-state index in [2.05, 4.69) is 0 Å². The molecule has 2 N–H and O–H groups in total. The van der Waals surface area contributed by atoms with Crippen LogP contribution in [0.4, 0.5) is 23.2 Å². The zero-order valence-corrected chi connectivity index (χ0v) is 28.8. The second kappa shape index (κ2) is 17.1. The molecular weight excluding hydrogens is 690 g/mol. The molecule has 50 heavy (non-hydrogen) atoms. The van der Waals surface area contributed by atoms with Crippen LogP contribution >= 0.6 is 0 Å². The number of allylic oxidation sites excluding steroid dienone is 1. The molecule has 1 amide bonds. The van der Waals surface area contributed by atoms with Gasteiger partial charge in [-0.05, 0) is 54.1 Å². The topological polar surface area (TPSA) is 146 Å². The van der Waals surface area contributed by atoms with Crippen molar-refractivity contribution in [1.82, 2.24) is 4.90 Å². The lowest BCUT2D eigenvalue weighted by atomic mass is 9.99. The van der Waals surface area contributed by atoms with Crippen molar-refractivity contribution in [2.75, 3.05) is 46.6 Å². The van der Waals surface area contributed by atoms with Crippen LogP contribution in [-0.4, -0.2) is 72.7 Å². The highest BCUT2D eigenvalue weighted by atomic mass is 32.2. The molecule has 1 atom stereocenters. The SMILES string of the molecule is COc1ccc(CN(Cc2ccc(OC)cc2OC)C(=N)O/C(=C\[C@@H](C)c2cc(NC(=O)C(F)(F)F)ccc2F)COS(C)(=O)=O)c(OC)c1. The second-order valence-corrected chi connectivity index (χ2v) is 12.3. The largest absolute Gasteiger partial charge is 0.497 e. The number of amidine groups is 1. The van der Waals surface area contributed by atoms with Gasteiger partial charge in [0.25, 0.3) is 16.1 Å². The summed E-state index contributed by atoms with van der Waals surface area (Å²) in [5.74, 6) is -2.41. The van der Waals surface area contributed by atoms with Gasteiger partial charge in [-0.25, -0.2) is 4.39 Å². The maximum absolute atomic E-state index is 14.9. The molecule has 0 aliphatic rings. The Bertz CT molecular complexity index is 1760. The van der Waals surface area contributed by atoms with Crippen LogP contribution in [0, 0.1) is 11.2 Å². The van der Waals surface area contributed by atoms with E-state index >= 15 is 0 Å². The number of anilines is 1. The van der Waals surface area contributed by atoms with Crippen LogP contribution in [0.25, 0.3) is 0 Å². The molecule has 3 aromatic rings. The fraction of sp³-hybridized carbons (Fsp3) is 0.333. The highest BCUT2D eigenvalue weighted by molar-refractivity contribution is 7.86. The first kappa shape index (κ1) is 39.4. The third-order valence-corrected chi connectivity index (χ3v) is 7.62. The standard InChI is InChI=1S/C33H37F4N3O9S/c1-20(27-14-23(9-12-28(27)34)39-31(41)33(35,36)37)13-26(19-48-50(6,42)43)49-32(38)40(17-21-7-10-24(44-2)15-29(21)46-4)18-22-8-11-25(45-3)16-30(22)47-5/h7-16,20,38H,17-19H2,1-6H3,(H,39,41)/b26-13-,38-32?/t20-/m1/s1. The van der Waals surface area contributed by atoms with E-state index in [0.29, 0.717) is 34.1 Å². The number of hydrogen-bond donors (Lipinski definition) is 2. The number of ether oxygens (including phenoxy) is 5.